The van der Waals surface area contributed by atoms with E-state index in [1.54, 1.807) is 0 Å². The summed E-state index contributed by atoms with van der Waals surface area (Å²) >= 11 is 5.80. The number of sulfonamides is 1. The fraction of sp³-hybridized carbons (Fsp3) is 0.263. The summed E-state index contributed by atoms with van der Waals surface area (Å²) < 4.78 is 45.0. The molecule has 2 amide bonds. The molecule has 0 aromatic heterocycles. The van der Waals surface area contributed by atoms with E-state index in [-0.39, 0.29) is 31.1 Å². The van der Waals surface area contributed by atoms with Crippen molar-refractivity contribution in [3.05, 3.63) is 64.9 Å². The summed E-state index contributed by atoms with van der Waals surface area (Å²) in [5.41, 5.74) is 0.622. The van der Waals surface area contributed by atoms with E-state index in [1.807, 2.05) is 0 Å². The second kappa shape index (κ2) is 9.52. The van der Waals surface area contributed by atoms with Crippen LogP contribution in [0, 0.1) is 5.82 Å². The van der Waals surface area contributed by atoms with E-state index in [0.717, 1.165) is 4.31 Å². The molecule has 0 spiro atoms. The molecule has 2 N–H and O–H groups in total. The molecule has 1 aliphatic rings. The van der Waals surface area contributed by atoms with E-state index in [0.29, 0.717) is 10.6 Å². The molecule has 1 heterocycles. The Balaban J connectivity index is 1.54. The SMILES string of the molecule is O=C(NCc1ccc(F)cc1)C(=O)NC[C@H]1OCCN1S(=O)(=O)c1ccc(Cl)cc1. The Morgan fingerprint density at radius 3 is 2.37 bits per heavy atom. The van der Waals surface area contributed by atoms with Gasteiger partial charge in [-0.2, -0.15) is 4.31 Å². The van der Waals surface area contributed by atoms with E-state index in [1.165, 1.54) is 48.5 Å². The minimum Gasteiger partial charge on any atom is -0.359 e. The van der Waals surface area contributed by atoms with Crippen molar-refractivity contribution in [2.24, 2.45) is 0 Å². The predicted molar refractivity (Wildman–Crippen MR) is 106 cm³/mol. The van der Waals surface area contributed by atoms with Gasteiger partial charge in [0.1, 0.15) is 12.0 Å². The van der Waals surface area contributed by atoms with Gasteiger partial charge in [-0.05, 0) is 42.0 Å². The van der Waals surface area contributed by atoms with Gasteiger partial charge in [-0.1, -0.05) is 23.7 Å². The first kappa shape index (κ1) is 22.2. The van der Waals surface area contributed by atoms with Crippen LogP contribution in [0.25, 0.3) is 0 Å². The summed E-state index contributed by atoms with van der Waals surface area (Å²) in [6, 6.07) is 11.2. The number of benzene rings is 2. The Labute approximate surface area is 178 Å². The third-order valence-corrected chi connectivity index (χ3v) is 6.53. The molecule has 1 saturated heterocycles. The van der Waals surface area contributed by atoms with Gasteiger partial charge in [0, 0.05) is 18.1 Å². The molecule has 3 rings (SSSR count). The number of hydrogen-bond donors (Lipinski definition) is 2. The Morgan fingerprint density at radius 2 is 1.70 bits per heavy atom. The molecule has 2 aromatic carbocycles. The molecule has 0 unspecified atom stereocenters. The zero-order chi connectivity index (χ0) is 21.7. The van der Waals surface area contributed by atoms with Crippen molar-refractivity contribution in [1.82, 2.24) is 14.9 Å². The largest absolute Gasteiger partial charge is 0.359 e. The number of halogens is 2. The normalized spacial score (nSPS) is 16.9. The molecule has 0 bridgehead atoms. The van der Waals surface area contributed by atoms with Crippen molar-refractivity contribution in [2.75, 3.05) is 19.7 Å². The van der Waals surface area contributed by atoms with Crippen molar-refractivity contribution in [3.8, 4) is 0 Å². The lowest BCUT2D eigenvalue weighted by atomic mass is 10.2. The second-order valence-corrected chi connectivity index (χ2v) is 8.74. The maximum Gasteiger partial charge on any atom is 0.309 e. The van der Waals surface area contributed by atoms with Crippen molar-refractivity contribution >= 4 is 33.4 Å². The fourth-order valence-corrected chi connectivity index (χ4v) is 4.45. The smallest absolute Gasteiger partial charge is 0.309 e. The quantitative estimate of drug-likeness (QED) is 0.638. The topological polar surface area (TPSA) is 105 Å². The Morgan fingerprint density at radius 1 is 1.07 bits per heavy atom. The molecule has 30 heavy (non-hydrogen) atoms. The number of carbonyl (C=O) groups excluding carboxylic acids is 2. The first-order chi connectivity index (χ1) is 14.3. The first-order valence-corrected chi connectivity index (χ1v) is 10.8. The molecule has 1 atom stereocenters. The van der Waals surface area contributed by atoms with Crippen LogP contribution in [-0.4, -0.2) is 50.5 Å². The summed E-state index contributed by atoms with van der Waals surface area (Å²) in [6.07, 6.45) is -0.945. The second-order valence-electron chi connectivity index (χ2n) is 6.41. The van der Waals surface area contributed by atoms with Crippen LogP contribution in [0.3, 0.4) is 0 Å². The maximum absolute atomic E-state index is 12.9. The van der Waals surface area contributed by atoms with Gasteiger partial charge < -0.3 is 15.4 Å². The summed E-state index contributed by atoms with van der Waals surface area (Å²) in [5, 5.41) is 5.18. The maximum atomic E-state index is 12.9. The molecule has 160 valence electrons. The molecule has 1 fully saturated rings. The first-order valence-electron chi connectivity index (χ1n) is 8.97. The number of nitrogens with zero attached hydrogens (tertiary/aromatic N) is 1. The minimum absolute atomic E-state index is 0.0452. The molecule has 2 aromatic rings. The monoisotopic (exact) mass is 455 g/mol. The van der Waals surface area contributed by atoms with Crippen LogP contribution < -0.4 is 10.6 Å². The Bertz CT molecular complexity index is 1020. The number of rotatable bonds is 6. The number of hydrogen-bond acceptors (Lipinski definition) is 5. The molecule has 0 aliphatic carbocycles. The van der Waals surface area contributed by atoms with Gasteiger partial charge in [0.2, 0.25) is 10.0 Å². The molecule has 11 heteroatoms. The van der Waals surface area contributed by atoms with Crippen molar-refractivity contribution < 1.29 is 27.1 Å². The highest BCUT2D eigenvalue weighted by Crippen LogP contribution is 2.23. The molecule has 1 aliphatic heterocycles. The predicted octanol–water partition coefficient (Wildman–Crippen LogP) is 1.26. The molecule has 0 saturated carbocycles. The van der Waals surface area contributed by atoms with Crippen LogP contribution in [-0.2, 0) is 30.9 Å². The zero-order valence-corrected chi connectivity index (χ0v) is 17.2. The lowest BCUT2D eigenvalue weighted by Gasteiger charge is -2.22. The number of ether oxygens (including phenoxy) is 1. The highest BCUT2D eigenvalue weighted by atomic mass is 35.5. The van der Waals surface area contributed by atoms with Gasteiger partial charge in [-0.25, -0.2) is 12.8 Å². The highest BCUT2D eigenvalue weighted by Gasteiger charge is 2.36. The highest BCUT2D eigenvalue weighted by molar-refractivity contribution is 7.89. The Hall–Kier alpha value is -2.53. The van der Waals surface area contributed by atoms with Gasteiger partial charge in [0.25, 0.3) is 0 Å². The summed E-state index contributed by atoms with van der Waals surface area (Å²) in [5.74, 6) is -2.24. The van der Waals surface area contributed by atoms with E-state index < -0.39 is 33.9 Å². The standard InChI is InChI=1S/C19H19ClFN3O5S/c20-14-3-7-16(8-4-14)30(27,28)24-9-10-29-17(24)12-23-19(26)18(25)22-11-13-1-5-15(21)6-2-13/h1-8,17H,9-12H2,(H,22,25)(H,23,26)/t17-/m1/s1. The summed E-state index contributed by atoms with van der Waals surface area (Å²) in [4.78, 5) is 24.0. The van der Waals surface area contributed by atoms with Crippen LogP contribution in [0.1, 0.15) is 5.56 Å². The lowest BCUT2D eigenvalue weighted by molar-refractivity contribution is -0.139. The van der Waals surface area contributed by atoms with Crippen LogP contribution in [0.15, 0.2) is 53.4 Å². The zero-order valence-electron chi connectivity index (χ0n) is 15.7. The molecule has 0 radical (unpaired) electrons. The van der Waals surface area contributed by atoms with Crippen molar-refractivity contribution in [3.63, 3.8) is 0 Å². The number of nitrogens with one attached hydrogen (secondary N) is 2. The lowest BCUT2D eigenvalue weighted by Crippen LogP contribution is -2.47. The summed E-state index contributed by atoms with van der Waals surface area (Å²) in [6.45, 7) is 0.117. The third kappa shape index (κ3) is 5.33. The molecule has 8 nitrogen and oxygen atoms in total. The van der Waals surface area contributed by atoms with Crippen LogP contribution in [0.5, 0.6) is 0 Å². The average Bonchev–Trinajstić information content (AvgIpc) is 3.21. The number of amides is 2. The van der Waals surface area contributed by atoms with Gasteiger partial charge in [-0.15, -0.1) is 0 Å². The van der Waals surface area contributed by atoms with Gasteiger partial charge in [0.15, 0.2) is 0 Å². The van der Waals surface area contributed by atoms with Gasteiger partial charge in [0.05, 0.1) is 18.0 Å². The van der Waals surface area contributed by atoms with Crippen LogP contribution >= 0.6 is 11.6 Å². The van der Waals surface area contributed by atoms with Gasteiger partial charge >= 0.3 is 11.8 Å². The van der Waals surface area contributed by atoms with Crippen molar-refractivity contribution in [2.45, 2.75) is 17.7 Å². The molecular formula is C19H19ClFN3O5S. The third-order valence-electron chi connectivity index (χ3n) is 4.37. The number of carbonyl (C=O) groups is 2. The van der Waals surface area contributed by atoms with Gasteiger partial charge in [-0.3, -0.25) is 9.59 Å². The van der Waals surface area contributed by atoms with Crippen molar-refractivity contribution in [1.29, 1.82) is 0 Å². The van der Waals surface area contributed by atoms with Crippen LogP contribution in [0.4, 0.5) is 4.39 Å². The fourth-order valence-electron chi connectivity index (χ4n) is 2.81. The summed E-state index contributed by atoms with van der Waals surface area (Å²) in [7, 11) is -3.86. The minimum atomic E-state index is -3.86. The average molecular weight is 456 g/mol. The van der Waals surface area contributed by atoms with E-state index >= 15 is 0 Å². The van der Waals surface area contributed by atoms with E-state index in [2.05, 4.69) is 10.6 Å². The Kier molecular flexibility index (Phi) is 7.03. The van der Waals surface area contributed by atoms with E-state index in [9.17, 15) is 22.4 Å². The molecular weight excluding hydrogens is 437 g/mol. The van der Waals surface area contributed by atoms with E-state index in [4.69, 9.17) is 16.3 Å². The van der Waals surface area contributed by atoms with Crippen LogP contribution in [0.2, 0.25) is 5.02 Å².